The minimum atomic E-state index is -0.153. The van der Waals surface area contributed by atoms with Gasteiger partial charge in [0.15, 0.2) is 11.5 Å². The number of rotatable bonds is 9. The third-order valence-corrected chi connectivity index (χ3v) is 4.96. The molecule has 0 aliphatic rings. The van der Waals surface area contributed by atoms with Crippen LogP contribution < -0.4 is 20.1 Å². The molecule has 2 aromatic carbocycles. The molecular formula is C19H21BrN2O4S. The number of amides is 2. The van der Waals surface area contributed by atoms with Crippen LogP contribution in [0.1, 0.15) is 5.56 Å². The van der Waals surface area contributed by atoms with E-state index in [0.29, 0.717) is 23.7 Å². The molecule has 2 aromatic rings. The Labute approximate surface area is 171 Å². The number of anilines is 1. The molecule has 0 fully saturated rings. The maximum Gasteiger partial charge on any atom is 0.234 e. The van der Waals surface area contributed by atoms with Gasteiger partial charge in [0.1, 0.15) is 0 Å². The number of carbonyl (C=O) groups is 2. The maximum absolute atomic E-state index is 12.0. The van der Waals surface area contributed by atoms with Crippen LogP contribution in [0.5, 0.6) is 11.5 Å². The summed E-state index contributed by atoms with van der Waals surface area (Å²) in [7, 11) is 3.12. The summed E-state index contributed by atoms with van der Waals surface area (Å²) in [5, 5.41) is 5.61. The number of benzene rings is 2. The van der Waals surface area contributed by atoms with E-state index in [-0.39, 0.29) is 23.3 Å². The van der Waals surface area contributed by atoms with Gasteiger partial charge < -0.3 is 20.1 Å². The smallest absolute Gasteiger partial charge is 0.234 e. The fourth-order valence-electron chi connectivity index (χ4n) is 2.34. The average molecular weight is 453 g/mol. The van der Waals surface area contributed by atoms with E-state index in [1.165, 1.54) is 11.8 Å². The number of hydrogen-bond donors (Lipinski definition) is 2. The van der Waals surface area contributed by atoms with Crippen molar-refractivity contribution in [3.05, 3.63) is 52.5 Å². The third kappa shape index (κ3) is 6.80. The molecule has 6 nitrogen and oxygen atoms in total. The van der Waals surface area contributed by atoms with Crippen LogP contribution in [0.3, 0.4) is 0 Å². The lowest BCUT2D eigenvalue weighted by atomic mass is 10.2. The second-order valence-electron chi connectivity index (χ2n) is 5.48. The first-order valence-electron chi connectivity index (χ1n) is 8.13. The van der Waals surface area contributed by atoms with Gasteiger partial charge in [-0.2, -0.15) is 0 Å². The highest BCUT2D eigenvalue weighted by Crippen LogP contribution is 2.30. The van der Waals surface area contributed by atoms with Crippen LogP contribution in [-0.4, -0.2) is 37.5 Å². The summed E-state index contributed by atoms with van der Waals surface area (Å²) in [5.41, 5.74) is 1.53. The third-order valence-electron chi connectivity index (χ3n) is 3.54. The highest BCUT2D eigenvalue weighted by molar-refractivity contribution is 9.10. The summed E-state index contributed by atoms with van der Waals surface area (Å²) in [4.78, 5) is 23.9. The summed E-state index contributed by atoms with van der Waals surface area (Å²) < 4.78 is 11.5. The Morgan fingerprint density at radius 3 is 2.48 bits per heavy atom. The minimum Gasteiger partial charge on any atom is -0.493 e. The van der Waals surface area contributed by atoms with Crippen LogP contribution in [0.4, 0.5) is 5.69 Å². The molecule has 2 N–H and O–H groups in total. The highest BCUT2D eigenvalue weighted by atomic mass is 79.9. The molecule has 144 valence electrons. The highest BCUT2D eigenvalue weighted by Gasteiger charge is 2.11. The average Bonchev–Trinajstić information content (AvgIpc) is 2.65. The molecule has 27 heavy (non-hydrogen) atoms. The van der Waals surface area contributed by atoms with Gasteiger partial charge in [-0.15, -0.1) is 11.8 Å². The predicted molar refractivity (Wildman–Crippen MR) is 111 cm³/mol. The fraction of sp³-hybridized carbons (Fsp3) is 0.263. The minimum absolute atomic E-state index is 0.152. The van der Waals surface area contributed by atoms with Crippen molar-refractivity contribution in [1.29, 1.82) is 0 Å². The van der Waals surface area contributed by atoms with E-state index in [0.717, 1.165) is 10.0 Å². The van der Waals surface area contributed by atoms with Crippen LogP contribution in [0.2, 0.25) is 0 Å². The Hall–Kier alpha value is -2.19. The Bertz CT molecular complexity index is 801. The Balaban J connectivity index is 1.74. The van der Waals surface area contributed by atoms with Crippen molar-refractivity contribution >= 4 is 45.2 Å². The molecule has 0 heterocycles. The molecular weight excluding hydrogens is 432 g/mol. The molecule has 8 heteroatoms. The normalized spacial score (nSPS) is 10.2. The van der Waals surface area contributed by atoms with Gasteiger partial charge in [0, 0.05) is 22.3 Å². The SMILES string of the molecule is COc1cccc(CNC(=O)CSCC(=O)Nc2cccc(Br)c2)c1OC. The Morgan fingerprint density at radius 2 is 1.78 bits per heavy atom. The zero-order valence-corrected chi connectivity index (χ0v) is 17.5. The molecule has 2 amide bonds. The number of nitrogens with one attached hydrogen (secondary N) is 2. The van der Waals surface area contributed by atoms with Crippen LogP contribution in [-0.2, 0) is 16.1 Å². The van der Waals surface area contributed by atoms with Crippen molar-refractivity contribution < 1.29 is 19.1 Å². The van der Waals surface area contributed by atoms with E-state index >= 15 is 0 Å². The molecule has 0 saturated heterocycles. The molecule has 0 atom stereocenters. The van der Waals surface area contributed by atoms with Crippen molar-refractivity contribution in [3.8, 4) is 11.5 Å². The van der Waals surface area contributed by atoms with E-state index in [2.05, 4.69) is 26.6 Å². The van der Waals surface area contributed by atoms with Gasteiger partial charge in [-0.1, -0.05) is 34.1 Å². The first-order chi connectivity index (χ1) is 13.0. The van der Waals surface area contributed by atoms with Crippen molar-refractivity contribution in [2.24, 2.45) is 0 Å². The van der Waals surface area contributed by atoms with Crippen molar-refractivity contribution in [3.63, 3.8) is 0 Å². The molecule has 2 rings (SSSR count). The van der Waals surface area contributed by atoms with Gasteiger partial charge in [-0.05, 0) is 24.3 Å². The lowest BCUT2D eigenvalue weighted by Crippen LogP contribution is -2.26. The van der Waals surface area contributed by atoms with E-state index in [1.54, 1.807) is 20.3 Å². The number of ether oxygens (including phenoxy) is 2. The molecule has 0 aliphatic carbocycles. The maximum atomic E-state index is 12.0. The molecule has 0 spiro atoms. The lowest BCUT2D eigenvalue weighted by molar-refractivity contribution is -0.118. The van der Waals surface area contributed by atoms with Crippen LogP contribution in [0.15, 0.2) is 46.9 Å². The van der Waals surface area contributed by atoms with Crippen LogP contribution in [0, 0.1) is 0 Å². The zero-order chi connectivity index (χ0) is 19.6. The van der Waals surface area contributed by atoms with Crippen LogP contribution >= 0.6 is 27.7 Å². The summed E-state index contributed by atoms with van der Waals surface area (Å²) in [6, 6.07) is 12.8. The van der Waals surface area contributed by atoms with Gasteiger partial charge in [0.05, 0.1) is 25.7 Å². The van der Waals surface area contributed by atoms with Gasteiger partial charge >= 0.3 is 0 Å². The lowest BCUT2D eigenvalue weighted by Gasteiger charge is -2.13. The van der Waals surface area contributed by atoms with E-state index in [1.807, 2.05) is 36.4 Å². The number of hydrogen-bond acceptors (Lipinski definition) is 5. The Morgan fingerprint density at radius 1 is 1.04 bits per heavy atom. The summed E-state index contributed by atoms with van der Waals surface area (Å²) in [6.07, 6.45) is 0. The van der Waals surface area contributed by atoms with Crippen molar-refractivity contribution in [1.82, 2.24) is 5.32 Å². The topological polar surface area (TPSA) is 76.7 Å². The number of methoxy groups -OCH3 is 2. The second-order valence-corrected chi connectivity index (χ2v) is 7.38. The van der Waals surface area contributed by atoms with Gasteiger partial charge in [-0.3, -0.25) is 9.59 Å². The van der Waals surface area contributed by atoms with E-state index in [9.17, 15) is 9.59 Å². The van der Waals surface area contributed by atoms with E-state index in [4.69, 9.17) is 9.47 Å². The Kier molecular flexibility index (Phi) is 8.47. The predicted octanol–water partition coefficient (Wildman–Crippen LogP) is 3.45. The molecule has 0 aliphatic heterocycles. The quantitative estimate of drug-likeness (QED) is 0.609. The molecule has 0 saturated carbocycles. The van der Waals surface area contributed by atoms with Gasteiger partial charge in [-0.25, -0.2) is 0 Å². The standard InChI is InChI=1S/C19H21BrN2O4S/c1-25-16-8-3-5-13(19(16)26-2)10-21-17(23)11-27-12-18(24)22-15-7-4-6-14(20)9-15/h3-9H,10-12H2,1-2H3,(H,21,23)(H,22,24). The zero-order valence-electron chi connectivity index (χ0n) is 15.1. The fourth-order valence-corrected chi connectivity index (χ4v) is 3.38. The van der Waals surface area contributed by atoms with Gasteiger partial charge in [0.25, 0.3) is 0 Å². The van der Waals surface area contributed by atoms with E-state index < -0.39 is 0 Å². The molecule has 0 aromatic heterocycles. The second kappa shape index (κ2) is 10.8. The molecule has 0 radical (unpaired) electrons. The van der Waals surface area contributed by atoms with Crippen molar-refractivity contribution in [2.75, 3.05) is 31.0 Å². The first-order valence-corrected chi connectivity index (χ1v) is 10.1. The summed E-state index contributed by atoms with van der Waals surface area (Å²) in [6.45, 7) is 0.323. The number of thioether (sulfide) groups is 1. The molecule has 0 unspecified atom stereocenters. The summed E-state index contributed by atoms with van der Waals surface area (Å²) >= 11 is 4.61. The largest absolute Gasteiger partial charge is 0.493 e. The first kappa shape index (κ1) is 21.1. The van der Waals surface area contributed by atoms with Crippen LogP contribution in [0.25, 0.3) is 0 Å². The van der Waals surface area contributed by atoms with Gasteiger partial charge in [0.2, 0.25) is 11.8 Å². The molecule has 0 bridgehead atoms. The number of halogens is 1. The monoisotopic (exact) mass is 452 g/mol. The summed E-state index contributed by atoms with van der Waals surface area (Å²) in [5.74, 6) is 1.30. The van der Waals surface area contributed by atoms with Crippen molar-refractivity contribution in [2.45, 2.75) is 6.54 Å². The number of para-hydroxylation sites is 1. The number of carbonyl (C=O) groups excluding carboxylic acids is 2.